The van der Waals surface area contributed by atoms with Crippen LogP contribution in [0.25, 0.3) is 0 Å². The number of ether oxygens (including phenoxy) is 2. The number of fused-ring (bicyclic) bond motifs is 3. The van der Waals surface area contributed by atoms with Gasteiger partial charge in [-0.25, -0.2) is 0 Å². The number of Topliss-reactive ketones (excluding diaryl/α,β-unsaturated/α-hetero) is 1. The molecule has 1 saturated heterocycles. The average molecular weight is 427 g/mol. The van der Waals surface area contributed by atoms with Crippen LogP contribution >= 0.6 is 0 Å². The van der Waals surface area contributed by atoms with Crippen LogP contribution in [0.15, 0.2) is 17.2 Å². The summed E-state index contributed by atoms with van der Waals surface area (Å²) in [7, 11) is 0. The van der Waals surface area contributed by atoms with E-state index in [1.807, 2.05) is 0 Å². The molecule has 9 nitrogen and oxygen atoms in total. The van der Waals surface area contributed by atoms with Gasteiger partial charge < -0.3 is 29.9 Å². The molecule has 6 rings (SSSR count). The predicted molar refractivity (Wildman–Crippen MR) is 103 cm³/mol. The number of carbonyl (C=O) groups is 2. The van der Waals surface area contributed by atoms with Crippen LogP contribution < -0.4 is 0 Å². The maximum atomic E-state index is 13.5. The number of hydrogen-bond acceptors (Lipinski definition) is 8. The molecule has 2 fully saturated rings. The summed E-state index contributed by atoms with van der Waals surface area (Å²) in [6, 6.07) is 1.65. The molecule has 2 aliphatic heterocycles. The lowest BCUT2D eigenvalue weighted by Crippen LogP contribution is -2.49. The Bertz CT molecular complexity index is 1170. The molecule has 0 amide bonds. The molecule has 0 aromatic heterocycles. The molecule has 9 heteroatoms. The fourth-order valence-corrected chi connectivity index (χ4v) is 6.44. The number of nitrogens with one attached hydrogen (secondary N) is 1. The maximum Gasteiger partial charge on any atom is 0.305 e. The first-order valence-corrected chi connectivity index (χ1v) is 10.3. The highest BCUT2D eigenvalue weighted by molar-refractivity contribution is 6.32. The number of ketones is 1. The van der Waals surface area contributed by atoms with Crippen molar-refractivity contribution in [1.29, 1.82) is 5.41 Å². The second-order valence-electron chi connectivity index (χ2n) is 9.17. The second kappa shape index (κ2) is 5.42. The van der Waals surface area contributed by atoms with E-state index in [0.717, 1.165) is 0 Å². The number of aliphatic carboxylic acids is 1. The summed E-state index contributed by atoms with van der Waals surface area (Å²) in [5.41, 5.74) is -1.06. The fraction of sp³-hybridized carbons (Fsp3) is 0.500. The van der Waals surface area contributed by atoms with Gasteiger partial charge in [-0.2, -0.15) is 0 Å². The van der Waals surface area contributed by atoms with Crippen LogP contribution in [0, 0.1) is 10.8 Å². The van der Waals surface area contributed by atoms with Crippen LogP contribution in [0.4, 0.5) is 0 Å². The van der Waals surface area contributed by atoms with Gasteiger partial charge in [-0.05, 0) is 31.9 Å². The van der Waals surface area contributed by atoms with Crippen molar-refractivity contribution in [2.24, 2.45) is 5.41 Å². The molecule has 5 N–H and O–H groups in total. The minimum absolute atomic E-state index is 0.0165. The van der Waals surface area contributed by atoms with Crippen molar-refractivity contribution < 1.29 is 39.5 Å². The lowest BCUT2D eigenvalue weighted by atomic mass is 9.61. The highest BCUT2D eigenvalue weighted by Gasteiger charge is 2.93. The molecule has 162 valence electrons. The molecule has 2 heterocycles. The van der Waals surface area contributed by atoms with E-state index in [9.17, 15) is 24.9 Å². The number of carboxylic acid groups (broad SMARTS) is 1. The molecule has 7 atom stereocenters. The Balaban J connectivity index is 1.49. The summed E-state index contributed by atoms with van der Waals surface area (Å²) in [5, 5.41) is 50.4. The van der Waals surface area contributed by atoms with Gasteiger partial charge in [0.1, 0.15) is 23.6 Å². The Morgan fingerprint density at radius 2 is 2.03 bits per heavy atom. The Labute approximate surface area is 176 Å². The molecule has 0 radical (unpaired) electrons. The zero-order valence-electron chi connectivity index (χ0n) is 16.8. The summed E-state index contributed by atoms with van der Waals surface area (Å²) >= 11 is 0. The number of aromatic hydroxyl groups is 1. The SMILES string of the molecule is CC1OC(CC(=O)O)Cc2cc3c(c(O)c21)C(=O)C1=C(C3=N)C2OC(C)C3(O)C(O)C123. The third-order valence-electron chi connectivity index (χ3n) is 7.82. The lowest BCUT2D eigenvalue weighted by molar-refractivity contribution is -0.141. The minimum Gasteiger partial charge on any atom is -0.507 e. The summed E-state index contributed by atoms with van der Waals surface area (Å²) in [4.78, 5) is 24.6. The van der Waals surface area contributed by atoms with Gasteiger partial charge in [0, 0.05) is 22.3 Å². The number of rotatable bonds is 2. The zero-order valence-corrected chi connectivity index (χ0v) is 16.8. The molecular weight excluding hydrogens is 406 g/mol. The number of hydrogen-bond donors (Lipinski definition) is 5. The molecule has 1 aromatic rings. The van der Waals surface area contributed by atoms with Crippen molar-refractivity contribution in [3.05, 3.63) is 39.5 Å². The van der Waals surface area contributed by atoms with Crippen LogP contribution in [-0.4, -0.2) is 67.9 Å². The highest BCUT2D eigenvalue weighted by atomic mass is 16.5. The van der Waals surface area contributed by atoms with Gasteiger partial charge in [-0.1, -0.05) is 0 Å². The maximum absolute atomic E-state index is 13.5. The molecule has 5 aliphatic rings. The minimum atomic E-state index is -1.58. The third kappa shape index (κ3) is 1.83. The van der Waals surface area contributed by atoms with Gasteiger partial charge in [-0.3, -0.25) is 15.0 Å². The molecule has 1 spiro atoms. The standard InChI is InChI=1S/C22H21NO8/c1-6-12-8(3-9(30-6)5-11(24)25)4-10-13(17(12)26)18(27)15-14(16(10)23)19-21(15)20(28)22(21,29)7(2)31-19/h4,6-7,9,19-20,23,26,28-29H,3,5H2,1-2H3,(H,24,25). The number of benzene rings is 1. The Kier molecular flexibility index (Phi) is 3.34. The highest BCUT2D eigenvalue weighted by Crippen LogP contribution is 2.78. The quantitative estimate of drug-likeness (QED) is 0.460. The third-order valence-corrected chi connectivity index (χ3v) is 7.82. The lowest BCUT2D eigenvalue weighted by Gasteiger charge is -2.43. The van der Waals surface area contributed by atoms with Gasteiger partial charge >= 0.3 is 5.97 Å². The van der Waals surface area contributed by atoms with Gasteiger partial charge in [0.15, 0.2) is 5.78 Å². The molecule has 1 saturated carbocycles. The van der Waals surface area contributed by atoms with Crippen molar-refractivity contribution in [2.45, 2.75) is 62.8 Å². The summed E-state index contributed by atoms with van der Waals surface area (Å²) in [6.07, 6.45) is -3.79. The molecule has 3 aliphatic carbocycles. The van der Waals surface area contributed by atoms with E-state index in [1.165, 1.54) is 0 Å². The van der Waals surface area contributed by atoms with Crippen molar-refractivity contribution in [2.75, 3.05) is 0 Å². The molecule has 31 heavy (non-hydrogen) atoms. The molecule has 1 aromatic carbocycles. The van der Waals surface area contributed by atoms with E-state index in [-0.39, 0.29) is 41.0 Å². The van der Waals surface area contributed by atoms with Gasteiger partial charge in [0.25, 0.3) is 0 Å². The van der Waals surface area contributed by atoms with Crippen molar-refractivity contribution >= 4 is 17.5 Å². The number of aliphatic hydroxyl groups is 2. The Morgan fingerprint density at radius 1 is 1.32 bits per heavy atom. The summed E-state index contributed by atoms with van der Waals surface area (Å²) in [5.74, 6) is -1.81. The normalized spacial score (nSPS) is 41.6. The second-order valence-corrected chi connectivity index (χ2v) is 9.17. The summed E-state index contributed by atoms with van der Waals surface area (Å²) < 4.78 is 11.5. The first-order chi connectivity index (χ1) is 14.6. The van der Waals surface area contributed by atoms with Crippen molar-refractivity contribution in [3.63, 3.8) is 0 Å². The van der Waals surface area contributed by atoms with Gasteiger partial charge in [0.2, 0.25) is 0 Å². The van der Waals surface area contributed by atoms with E-state index in [0.29, 0.717) is 16.7 Å². The topological polar surface area (TPSA) is 157 Å². The smallest absolute Gasteiger partial charge is 0.305 e. The van der Waals surface area contributed by atoms with Crippen LogP contribution in [0.5, 0.6) is 5.75 Å². The first kappa shape index (κ1) is 19.1. The number of aliphatic hydroxyl groups excluding tert-OH is 1. The van der Waals surface area contributed by atoms with Gasteiger partial charge in [0.05, 0.1) is 41.4 Å². The van der Waals surface area contributed by atoms with Crippen LogP contribution in [0.1, 0.15) is 53.4 Å². The predicted octanol–water partition coefficient (Wildman–Crippen LogP) is 0.623. The number of phenolic OH excluding ortho intramolecular Hbond substituents is 1. The van der Waals surface area contributed by atoms with Crippen LogP contribution in [0.3, 0.4) is 0 Å². The molecular formula is C22H21NO8. The largest absolute Gasteiger partial charge is 0.507 e. The summed E-state index contributed by atoms with van der Waals surface area (Å²) in [6.45, 7) is 3.30. The Hall–Kier alpha value is -2.59. The zero-order chi connectivity index (χ0) is 22.2. The number of phenols is 1. The monoisotopic (exact) mass is 427 g/mol. The van der Waals surface area contributed by atoms with E-state index >= 15 is 0 Å². The fourth-order valence-electron chi connectivity index (χ4n) is 6.44. The van der Waals surface area contributed by atoms with Crippen molar-refractivity contribution in [1.82, 2.24) is 0 Å². The Morgan fingerprint density at radius 3 is 2.68 bits per heavy atom. The van der Waals surface area contributed by atoms with Crippen LogP contribution in [-0.2, 0) is 20.7 Å². The van der Waals surface area contributed by atoms with Crippen LogP contribution in [0.2, 0.25) is 0 Å². The van der Waals surface area contributed by atoms with E-state index in [4.69, 9.17) is 20.0 Å². The molecule has 7 unspecified atom stereocenters. The molecule has 0 bridgehead atoms. The average Bonchev–Trinajstić information content (AvgIpc) is 3.12. The van der Waals surface area contributed by atoms with E-state index in [2.05, 4.69) is 0 Å². The number of carboxylic acids is 1. The van der Waals surface area contributed by atoms with Gasteiger partial charge in [-0.15, -0.1) is 0 Å². The first-order valence-electron chi connectivity index (χ1n) is 10.3. The van der Waals surface area contributed by atoms with E-state index < -0.39 is 53.3 Å². The van der Waals surface area contributed by atoms with E-state index in [1.54, 1.807) is 19.9 Å². The van der Waals surface area contributed by atoms with Crippen molar-refractivity contribution in [3.8, 4) is 5.75 Å². The number of carbonyl (C=O) groups excluding carboxylic acids is 1.